The zero-order valence-corrected chi connectivity index (χ0v) is 19.8. The van der Waals surface area contributed by atoms with Gasteiger partial charge in [-0.1, -0.05) is 0 Å². The number of anilines is 1. The molecule has 0 fully saturated rings. The molecule has 0 aliphatic carbocycles. The number of halogens is 2. The van der Waals surface area contributed by atoms with E-state index in [1.165, 1.54) is 12.1 Å². The molecule has 7 nitrogen and oxygen atoms in total. The van der Waals surface area contributed by atoms with E-state index in [-0.39, 0.29) is 10.4 Å². The molecule has 32 heavy (non-hydrogen) atoms. The number of ether oxygens (including phenoxy) is 1. The van der Waals surface area contributed by atoms with E-state index in [2.05, 4.69) is 31.2 Å². The van der Waals surface area contributed by atoms with Crippen LogP contribution in [0.25, 0.3) is 11.4 Å². The smallest absolute Gasteiger partial charge is 0.166 e. The van der Waals surface area contributed by atoms with Crippen LogP contribution in [-0.2, 0) is 0 Å². The molecule has 1 aliphatic heterocycles. The Balaban J connectivity index is 2.40. The molecular weight excluding hydrogens is 475 g/mol. The number of allylic oxidation sites excluding steroid dienone is 2. The van der Waals surface area contributed by atoms with Crippen LogP contribution in [0.5, 0.6) is 5.75 Å². The van der Waals surface area contributed by atoms with E-state index in [1.807, 2.05) is 6.92 Å². The molecule has 168 valence electrons. The van der Waals surface area contributed by atoms with Gasteiger partial charge in [-0.25, -0.2) is 9.37 Å². The molecule has 0 unspecified atom stereocenters. The van der Waals surface area contributed by atoms with Gasteiger partial charge in [-0.2, -0.15) is 0 Å². The lowest BCUT2D eigenvalue weighted by molar-refractivity contribution is 0.226. The van der Waals surface area contributed by atoms with Crippen molar-refractivity contribution in [2.24, 2.45) is 10.7 Å². The van der Waals surface area contributed by atoms with Gasteiger partial charge in [-0.3, -0.25) is 10.4 Å². The van der Waals surface area contributed by atoms with Crippen molar-refractivity contribution in [2.45, 2.75) is 26.4 Å². The number of fused-ring (bicyclic) bond motifs is 3. The van der Waals surface area contributed by atoms with Crippen LogP contribution in [-0.4, -0.2) is 29.4 Å². The van der Waals surface area contributed by atoms with Gasteiger partial charge in [0.2, 0.25) is 0 Å². The molecule has 0 saturated carbocycles. The summed E-state index contributed by atoms with van der Waals surface area (Å²) in [5, 5.41) is 11.7. The normalized spacial score (nSPS) is 19.1. The van der Waals surface area contributed by atoms with Crippen LogP contribution in [0.15, 0.2) is 46.6 Å². The zero-order valence-electron chi connectivity index (χ0n) is 18.2. The summed E-state index contributed by atoms with van der Waals surface area (Å²) in [6.07, 6.45) is 3.03. The average Bonchev–Trinajstić information content (AvgIpc) is 2.75. The second kappa shape index (κ2) is 9.95. The predicted octanol–water partition coefficient (Wildman–Crippen LogP) is 4.41. The molecule has 0 saturated heterocycles. The summed E-state index contributed by atoms with van der Waals surface area (Å²) < 4.78 is 20.5. The minimum absolute atomic E-state index is 0.187. The van der Waals surface area contributed by atoms with E-state index in [4.69, 9.17) is 21.6 Å². The van der Waals surface area contributed by atoms with Gasteiger partial charge in [0.05, 0.1) is 0 Å². The maximum Gasteiger partial charge on any atom is 0.166 e. The fourth-order valence-electron chi connectivity index (χ4n) is 3.62. The first kappa shape index (κ1) is 23.5. The predicted molar refractivity (Wildman–Crippen MR) is 131 cm³/mol. The number of nitrogens with two attached hydrogens (primary N) is 2. The lowest BCUT2D eigenvalue weighted by Crippen LogP contribution is -2.19. The molecule has 1 aliphatic rings. The summed E-state index contributed by atoms with van der Waals surface area (Å²) >= 11 is 3.33. The molecule has 2 aromatic rings. The standard InChI is InChI=1S/C23H26BrFN6O/c1-4-30-21-14-8-19(23(28)31-11-14)32-12(2)17-9-15(25)5-6-16(17)20(26)13(10-29-3)7-18(21)22(24)27/h5-6,8-12,27,30H,4,7,26H2,1-3H3,(H2,28,31)/b20-13?,21-18-,27-22?,29-10?/t12-/m1/s1. The first-order valence-electron chi connectivity index (χ1n) is 10.1. The summed E-state index contributed by atoms with van der Waals surface area (Å²) in [5.41, 5.74) is 17.0. The Morgan fingerprint density at radius 2 is 2.16 bits per heavy atom. The maximum absolute atomic E-state index is 14.2. The number of rotatable bonds is 4. The van der Waals surface area contributed by atoms with Gasteiger partial charge in [-0.15, -0.1) is 0 Å². The molecule has 2 heterocycles. The Bertz CT molecular complexity index is 1140. The molecule has 0 spiro atoms. The Morgan fingerprint density at radius 1 is 1.41 bits per heavy atom. The summed E-state index contributed by atoms with van der Waals surface area (Å²) in [5.74, 6) is 0.172. The van der Waals surface area contributed by atoms with Crippen molar-refractivity contribution in [3.8, 4) is 5.75 Å². The first-order valence-corrected chi connectivity index (χ1v) is 10.9. The molecule has 6 N–H and O–H groups in total. The number of aromatic nitrogens is 1. The van der Waals surface area contributed by atoms with Gasteiger partial charge in [0.15, 0.2) is 11.6 Å². The Labute approximate surface area is 195 Å². The average molecular weight is 501 g/mol. The van der Waals surface area contributed by atoms with Crippen LogP contribution in [0.2, 0.25) is 0 Å². The van der Waals surface area contributed by atoms with Crippen molar-refractivity contribution in [3.05, 3.63) is 64.1 Å². The lowest BCUT2D eigenvalue weighted by atomic mass is 9.93. The molecular formula is C23H26BrFN6O. The van der Waals surface area contributed by atoms with Crippen LogP contribution in [0.3, 0.4) is 0 Å². The number of hydrogen-bond donors (Lipinski definition) is 4. The largest absolute Gasteiger partial charge is 0.482 e. The van der Waals surface area contributed by atoms with Crippen LogP contribution in [0.1, 0.15) is 43.1 Å². The SMILES string of the molecule is CCN/C1=C(\C(=N)Br)CC(C=NC)=C(N)c2ccc(F)cc2[C@@H](C)Oc2cc1cnc2N. The lowest BCUT2D eigenvalue weighted by Gasteiger charge is -2.23. The summed E-state index contributed by atoms with van der Waals surface area (Å²) in [6.45, 7) is 4.39. The number of aliphatic imine (C=N–C) groups is 1. The Kier molecular flexibility index (Phi) is 7.29. The highest BCUT2D eigenvalue weighted by atomic mass is 79.9. The molecule has 1 aromatic heterocycles. The Morgan fingerprint density at radius 3 is 2.81 bits per heavy atom. The number of hydrogen-bond acceptors (Lipinski definition) is 7. The van der Waals surface area contributed by atoms with E-state index in [0.717, 1.165) is 0 Å². The fraction of sp³-hybridized carbons (Fsp3) is 0.261. The number of nitrogens with one attached hydrogen (secondary N) is 2. The van der Waals surface area contributed by atoms with Crippen molar-refractivity contribution >= 4 is 44.0 Å². The third kappa shape index (κ3) is 4.83. The van der Waals surface area contributed by atoms with E-state index in [9.17, 15) is 4.39 Å². The molecule has 0 amide bonds. The van der Waals surface area contributed by atoms with Gasteiger partial charge in [0.25, 0.3) is 0 Å². The Hall–Kier alpha value is -3.20. The van der Waals surface area contributed by atoms with Gasteiger partial charge in [-0.05, 0) is 59.6 Å². The number of pyridine rings is 1. The third-order valence-corrected chi connectivity index (χ3v) is 5.61. The molecule has 1 atom stereocenters. The number of nitrogen functional groups attached to an aromatic ring is 1. The number of benzene rings is 1. The summed E-state index contributed by atoms with van der Waals surface area (Å²) in [7, 11) is 1.65. The fourth-order valence-corrected chi connectivity index (χ4v) is 3.96. The molecule has 3 rings (SSSR count). The maximum atomic E-state index is 14.2. The molecule has 9 heteroatoms. The van der Waals surface area contributed by atoms with Gasteiger partial charge in [0.1, 0.15) is 16.5 Å². The second-order valence-electron chi connectivity index (χ2n) is 7.30. The topological polar surface area (TPSA) is 122 Å². The molecule has 2 bridgehead atoms. The number of nitrogens with zero attached hydrogens (tertiary/aromatic N) is 2. The zero-order chi connectivity index (χ0) is 23.4. The highest BCUT2D eigenvalue weighted by molar-refractivity contribution is 9.18. The monoisotopic (exact) mass is 500 g/mol. The summed E-state index contributed by atoms with van der Waals surface area (Å²) in [6, 6.07) is 6.16. The third-order valence-electron chi connectivity index (χ3n) is 5.13. The van der Waals surface area contributed by atoms with Crippen molar-refractivity contribution < 1.29 is 9.13 Å². The molecule has 1 aromatic carbocycles. The first-order chi connectivity index (χ1) is 15.3. The van der Waals surface area contributed by atoms with Crippen LogP contribution in [0.4, 0.5) is 10.2 Å². The highest BCUT2D eigenvalue weighted by Gasteiger charge is 2.22. The van der Waals surface area contributed by atoms with Crippen molar-refractivity contribution in [1.82, 2.24) is 10.3 Å². The van der Waals surface area contributed by atoms with Gasteiger partial charge in [0, 0.05) is 66.1 Å². The van der Waals surface area contributed by atoms with Crippen LogP contribution >= 0.6 is 15.9 Å². The second-order valence-corrected chi connectivity index (χ2v) is 8.09. The van der Waals surface area contributed by atoms with Crippen molar-refractivity contribution in [1.29, 1.82) is 5.41 Å². The highest BCUT2D eigenvalue weighted by Crippen LogP contribution is 2.35. The minimum atomic E-state index is -0.557. The van der Waals surface area contributed by atoms with E-state index < -0.39 is 11.9 Å². The van der Waals surface area contributed by atoms with Gasteiger partial charge >= 0.3 is 0 Å². The van der Waals surface area contributed by atoms with Crippen molar-refractivity contribution in [2.75, 3.05) is 19.3 Å². The van der Waals surface area contributed by atoms with Gasteiger partial charge < -0.3 is 21.5 Å². The van der Waals surface area contributed by atoms with E-state index in [1.54, 1.807) is 38.5 Å². The van der Waals surface area contributed by atoms with Crippen molar-refractivity contribution in [3.63, 3.8) is 0 Å². The summed E-state index contributed by atoms with van der Waals surface area (Å²) in [4.78, 5) is 8.45. The van der Waals surface area contributed by atoms with Crippen LogP contribution in [0, 0.1) is 11.2 Å². The molecule has 0 radical (unpaired) electrons. The van der Waals surface area contributed by atoms with Crippen LogP contribution < -0.4 is 21.5 Å². The van der Waals surface area contributed by atoms with E-state index in [0.29, 0.717) is 57.9 Å². The van der Waals surface area contributed by atoms with E-state index >= 15 is 0 Å². The minimum Gasteiger partial charge on any atom is -0.482 e. The quantitative estimate of drug-likeness (QED) is 0.463.